The minimum atomic E-state index is -0.342. The minimum Gasteiger partial charge on any atom is -0.363 e. The maximum atomic E-state index is 11.1. The van der Waals surface area contributed by atoms with E-state index < -0.39 is 0 Å². The van der Waals surface area contributed by atoms with E-state index in [4.69, 9.17) is 0 Å². The summed E-state index contributed by atoms with van der Waals surface area (Å²) in [6, 6.07) is 0. The highest BCUT2D eigenvalue weighted by Gasteiger charge is 2.25. The number of aryl methyl sites for hydroxylation is 2. The van der Waals surface area contributed by atoms with E-state index in [2.05, 4.69) is 10.4 Å². The summed E-state index contributed by atoms with van der Waals surface area (Å²) >= 11 is 1.95. The van der Waals surface area contributed by atoms with Crippen LogP contribution in [0.25, 0.3) is 0 Å². The monoisotopic (exact) mass is 284 g/mol. The Labute approximate surface area is 117 Å². The third kappa shape index (κ3) is 3.20. The lowest BCUT2D eigenvalue weighted by molar-refractivity contribution is -0.384. The topological polar surface area (TPSA) is 73.0 Å². The predicted molar refractivity (Wildman–Crippen MR) is 77.9 cm³/mol. The van der Waals surface area contributed by atoms with Crippen molar-refractivity contribution in [3.8, 4) is 0 Å². The van der Waals surface area contributed by atoms with Crippen LogP contribution in [0.3, 0.4) is 0 Å². The second-order valence-corrected chi connectivity index (χ2v) is 6.13. The summed E-state index contributed by atoms with van der Waals surface area (Å²) in [5.74, 6) is 1.75. The highest BCUT2D eigenvalue weighted by molar-refractivity contribution is 7.99. The van der Waals surface area contributed by atoms with Crippen LogP contribution in [0.15, 0.2) is 0 Å². The normalized spacial score (nSPS) is 19.4. The zero-order chi connectivity index (χ0) is 13.8. The van der Waals surface area contributed by atoms with Crippen LogP contribution in [-0.2, 0) is 6.54 Å². The number of hydrogen-bond donors (Lipinski definition) is 1. The molecule has 1 aromatic rings. The summed E-state index contributed by atoms with van der Waals surface area (Å²) in [6.45, 7) is 5.03. The van der Waals surface area contributed by atoms with Gasteiger partial charge < -0.3 is 5.32 Å². The van der Waals surface area contributed by atoms with Crippen molar-refractivity contribution < 1.29 is 4.92 Å². The largest absolute Gasteiger partial charge is 0.363 e. The molecule has 0 aliphatic carbocycles. The van der Waals surface area contributed by atoms with Gasteiger partial charge in [0, 0.05) is 18.3 Å². The van der Waals surface area contributed by atoms with Gasteiger partial charge in [0.15, 0.2) is 0 Å². The fourth-order valence-corrected chi connectivity index (χ4v) is 3.61. The summed E-state index contributed by atoms with van der Waals surface area (Å²) < 4.78 is 1.68. The smallest absolute Gasteiger partial charge is 0.333 e. The zero-order valence-corrected chi connectivity index (χ0v) is 12.2. The third-order valence-electron chi connectivity index (χ3n) is 3.35. The Bertz CT molecular complexity index is 455. The second kappa shape index (κ2) is 6.27. The van der Waals surface area contributed by atoms with Gasteiger partial charge in [-0.3, -0.25) is 10.1 Å². The lowest BCUT2D eigenvalue weighted by Crippen LogP contribution is -2.21. The molecule has 1 N–H and O–H groups in total. The maximum absolute atomic E-state index is 11.1. The van der Waals surface area contributed by atoms with Gasteiger partial charge in [-0.05, 0) is 32.4 Å². The van der Waals surface area contributed by atoms with E-state index in [1.165, 1.54) is 25.0 Å². The van der Waals surface area contributed by atoms with Gasteiger partial charge >= 0.3 is 5.69 Å². The highest BCUT2D eigenvalue weighted by atomic mass is 32.2. The average Bonchev–Trinajstić information content (AvgIpc) is 2.73. The standard InChI is InChI=1S/C12H20N4O2S/c1-3-15-12(11(16(17)18)9(2)14-15)13-8-10-6-4-5-7-19-10/h10,13H,3-8H2,1-2H3. The van der Waals surface area contributed by atoms with Gasteiger partial charge in [-0.15, -0.1) is 0 Å². The number of nitrogens with one attached hydrogen (secondary N) is 1. The van der Waals surface area contributed by atoms with Gasteiger partial charge in [0.2, 0.25) is 5.82 Å². The molecule has 106 valence electrons. The van der Waals surface area contributed by atoms with Crippen molar-refractivity contribution in [3.63, 3.8) is 0 Å². The Kier molecular flexibility index (Phi) is 4.68. The Morgan fingerprint density at radius 2 is 2.37 bits per heavy atom. The lowest BCUT2D eigenvalue weighted by Gasteiger charge is -2.21. The number of rotatable bonds is 5. The van der Waals surface area contributed by atoms with Crippen LogP contribution in [0.5, 0.6) is 0 Å². The van der Waals surface area contributed by atoms with Crippen LogP contribution in [0.2, 0.25) is 0 Å². The lowest BCUT2D eigenvalue weighted by atomic mass is 10.2. The summed E-state index contributed by atoms with van der Waals surface area (Å²) in [5.41, 5.74) is 0.591. The van der Waals surface area contributed by atoms with E-state index in [0.29, 0.717) is 23.3 Å². The first-order valence-electron chi connectivity index (χ1n) is 6.70. The Hall–Kier alpha value is -1.24. The number of nitrogens with zero attached hydrogens (tertiary/aromatic N) is 3. The molecule has 0 amide bonds. The molecule has 2 heterocycles. The molecule has 1 fully saturated rings. The summed E-state index contributed by atoms with van der Waals surface area (Å²) in [5, 5.41) is 19.1. The van der Waals surface area contributed by atoms with Crippen LogP contribution >= 0.6 is 11.8 Å². The first-order valence-corrected chi connectivity index (χ1v) is 7.75. The first-order chi connectivity index (χ1) is 9.13. The van der Waals surface area contributed by atoms with Crippen molar-refractivity contribution in [1.82, 2.24) is 9.78 Å². The molecular formula is C12H20N4O2S. The number of aromatic nitrogens is 2. The number of thioether (sulfide) groups is 1. The van der Waals surface area contributed by atoms with Gasteiger partial charge in [0.1, 0.15) is 5.69 Å². The zero-order valence-electron chi connectivity index (χ0n) is 11.4. The molecule has 1 unspecified atom stereocenters. The van der Waals surface area contributed by atoms with E-state index >= 15 is 0 Å². The highest BCUT2D eigenvalue weighted by Crippen LogP contribution is 2.30. The van der Waals surface area contributed by atoms with E-state index in [1.807, 2.05) is 18.7 Å². The van der Waals surface area contributed by atoms with E-state index in [9.17, 15) is 10.1 Å². The first kappa shape index (κ1) is 14.2. The Balaban J connectivity index is 2.11. The molecule has 1 aromatic heterocycles. The fourth-order valence-electron chi connectivity index (χ4n) is 2.37. The molecule has 0 spiro atoms. The molecule has 2 rings (SSSR count). The Morgan fingerprint density at radius 1 is 1.58 bits per heavy atom. The van der Waals surface area contributed by atoms with E-state index in [1.54, 1.807) is 11.6 Å². The quantitative estimate of drug-likeness (QED) is 0.665. The maximum Gasteiger partial charge on any atom is 0.333 e. The van der Waals surface area contributed by atoms with Crippen molar-refractivity contribution in [2.24, 2.45) is 0 Å². The van der Waals surface area contributed by atoms with Crippen molar-refractivity contribution in [2.45, 2.75) is 44.9 Å². The van der Waals surface area contributed by atoms with Crippen LogP contribution < -0.4 is 5.32 Å². The van der Waals surface area contributed by atoms with Crippen molar-refractivity contribution in [2.75, 3.05) is 17.6 Å². The molecule has 1 saturated heterocycles. The molecule has 19 heavy (non-hydrogen) atoms. The summed E-state index contributed by atoms with van der Waals surface area (Å²) in [4.78, 5) is 10.8. The van der Waals surface area contributed by atoms with Gasteiger partial charge in [-0.25, -0.2) is 4.68 Å². The number of anilines is 1. The molecule has 1 atom stereocenters. The molecule has 0 radical (unpaired) electrons. The average molecular weight is 284 g/mol. The molecule has 0 bridgehead atoms. The molecule has 0 saturated carbocycles. The number of hydrogen-bond acceptors (Lipinski definition) is 5. The molecule has 6 nitrogen and oxygen atoms in total. The molecule has 7 heteroatoms. The second-order valence-electron chi connectivity index (χ2n) is 4.72. The van der Waals surface area contributed by atoms with E-state index in [-0.39, 0.29) is 10.6 Å². The number of nitro groups is 1. The summed E-state index contributed by atoms with van der Waals surface area (Å²) in [6.07, 6.45) is 3.73. The summed E-state index contributed by atoms with van der Waals surface area (Å²) in [7, 11) is 0. The van der Waals surface area contributed by atoms with Crippen LogP contribution in [0, 0.1) is 17.0 Å². The fraction of sp³-hybridized carbons (Fsp3) is 0.750. The van der Waals surface area contributed by atoms with Crippen molar-refractivity contribution >= 4 is 23.3 Å². The van der Waals surface area contributed by atoms with Gasteiger partial charge in [0.25, 0.3) is 0 Å². The Morgan fingerprint density at radius 3 is 2.95 bits per heavy atom. The van der Waals surface area contributed by atoms with Gasteiger partial charge in [-0.2, -0.15) is 16.9 Å². The molecule has 0 aromatic carbocycles. The SMILES string of the molecule is CCn1nc(C)c([N+](=O)[O-])c1NCC1CCCCS1. The van der Waals surface area contributed by atoms with Crippen molar-refractivity contribution in [1.29, 1.82) is 0 Å². The minimum absolute atomic E-state index is 0.114. The van der Waals surface area contributed by atoms with Crippen molar-refractivity contribution in [3.05, 3.63) is 15.8 Å². The van der Waals surface area contributed by atoms with Crippen LogP contribution in [0.4, 0.5) is 11.5 Å². The van der Waals surface area contributed by atoms with Gasteiger partial charge in [0.05, 0.1) is 4.92 Å². The van der Waals surface area contributed by atoms with Crippen LogP contribution in [-0.4, -0.2) is 32.3 Å². The van der Waals surface area contributed by atoms with Crippen LogP contribution in [0.1, 0.15) is 31.9 Å². The predicted octanol–water partition coefficient (Wildman–Crippen LogP) is 2.82. The molecular weight excluding hydrogens is 264 g/mol. The van der Waals surface area contributed by atoms with Gasteiger partial charge in [-0.1, -0.05) is 6.42 Å². The third-order valence-corrected chi connectivity index (χ3v) is 4.75. The van der Waals surface area contributed by atoms with E-state index in [0.717, 1.165) is 6.54 Å². The molecule has 1 aliphatic rings. The molecule has 1 aliphatic heterocycles.